The number of hydrogen-bond donors (Lipinski definition) is 0. The van der Waals surface area contributed by atoms with Gasteiger partial charge in [-0.15, -0.1) is 0 Å². The second-order valence-corrected chi connectivity index (χ2v) is 5.65. The Hall–Kier alpha value is 0.210. The van der Waals surface area contributed by atoms with Gasteiger partial charge in [-0.2, -0.15) is 0 Å². The molecule has 0 aliphatic heterocycles. The highest BCUT2D eigenvalue weighted by Crippen LogP contribution is 2.16. The van der Waals surface area contributed by atoms with Crippen LogP contribution in [0, 0.1) is 0 Å². The quantitative estimate of drug-likeness (QED) is 0.486. The van der Waals surface area contributed by atoms with Crippen LogP contribution in [0.4, 0.5) is 0 Å². The smallest absolute Gasteiger partial charge is 0.0786 e. The Morgan fingerprint density at radius 1 is 0.579 bits per heavy atom. The number of rotatable bonds is 12. The molecule has 0 N–H and O–H groups in total. The molecule has 0 rings (SSSR count). The van der Waals surface area contributed by atoms with E-state index in [0.717, 1.165) is 0 Å². The lowest BCUT2D eigenvalue weighted by molar-refractivity contribution is -0.929. The fraction of sp³-hybridized carbons (Fsp3) is 1.00. The van der Waals surface area contributed by atoms with Gasteiger partial charge in [0.25, 0.3) is 0 Å². The minimum absolute atomic E-state index is 1.35. The fourth-order valence-corrected chi connectivity index (χ4v) is 2.64. The number of hydrogen-bond acceptors (Lipinski definition) is 1. The third kappa shape index (κ3) is 11.7. The van der Waals surface area contributed by atoms with E-state index >= 15 is 0 Å². The van der Waals surface area contributed by atoms with Gasteiger partial charge in [0.2, 0.25) is 0 Å². The molecular formula is C16H36ClNO. The molecular weight excluding hydrogens is 258 g/mol. The van der Waals surface area contributed by atoms with Crippen molar-refractivity contribution in [2.45, 2.75) is 79.1 Å². The lowest BCUT2D eigenvalue weighted by Crippen LogP contribution is -2.50. The molecule has 0 aromatic rings. The molecule has 0 saturated carbocycles. The molecule has 0 heterocycles. The molecule has 2 nitrogen and oxygen atoms in total. The van der Waals surface area contributed by atoms with Crippen LogP contribution in [-0.4, -0.2) is 30.7 Å². The first-order valence-electron chi connectivity index (χ1n) is 8.25. The van der Waals surface area contributed by atoms with Crippen LogP contribution in [0.15, 0.2) is 0 Å². The Labute approximate surface area is 126 Å². The summed E-state index contributed by atoms with van der Waals surface area (Å²) in [5.74, 6) is 0. The predicted octanol–water partition coefficient (Wildman–Crippen LogP) is 4.50. The summed E-state index contributed by atoms with van der Waals surface area (Å²) in [6, 6.07) is 0. The normalized spacial score (nSPS) is 11.1. The monoisotopic (exact) mass is 293 g/mol. The number of unbranched alkanes of at least 4 members (excludes halogenated alkanes) is 4. The maximum atomic E-state index is 7.72. The molecule has 0 bridgehead atoms. The first-order chi connectivity index (χ1) is 9.24. The summed E-state index contributed by atoms with van der Waals surface area (Å²) in [4.78, 5) is 0. The Morgan fingerprint density at radius 2 is 0.789 bits per heavy atom. The van der Waals surface area contributed by atoms with Gasteiger partial charge < -0.3 is 9.14 Å². The first kappa shape index (κ1) is 21.5. The Bertz CT molecular complexity index is 127. The number of halogens is 1. The topological polar surface area (TPSA) is 23.1 Å². The van der Waals surface area contributed by atoms with Gasteiger partial charge in [0, 0.05) is 0 Å². The molecule has 0 spiro atoms. The van der Waals surface area contributed by atoms with Gasteiger partial charge in [0.1, 0.15) is 0 Å². The molecule has 0 aromatic heterocycles. The molecule has 19 heavy (non-hydrogen) atoms. The van der Waals surface area contributed by atoms with E-state index in [4.69, 9.17) is 4.66 Å². The highest BCUT2D eigenvalue weighted by molar-refractivity contribution is 6.02. The van der Waals surface area contributed by atoms with Crippen LogP contribution >= 0.6 is 11.9 Å². The Balaban J connectivity index is 0. The van der Waals surface area contributed by atoms with E-state index < -0.39 is 0 Å². The van der Waals surface area contributed by atoms with Gasteiger partial charge in [0.15, 0.2) is 0 Å². The van der Waals surface area contributed by atoms with Crippen molar-refractivity contribution >= 4 is 11.9 Å². The van der Waals surface area contributed by atoms with Crippen LogP contribution in [0.3, 0.4) is 0 Å². The predicted molar refractivity (Wildman–Crippen MR) is 85.2 cm³/mol. The summed E-state index contributed by atoms with van der Waals surface area (Å²) in [5.41, 5.74) is 0. The average molecular weight is 294 g/mol. The first-order valence-corrected chi connectivity index (χ1v) is 8.56. The van der Waals surface area contributed by atoms with E-state index in [1.54, 1.807) is 0 Å². The molecule has 0 radical (unpaired) electrons. The van der Waals surface area contributed by atoms with Crippen molar-refractivity contribution < 1.29 is 9.14 Å². The third-order valence-corrected chi connectivity index (χ3v) is 3.94. The summed E-state index contributed by atoms with van der Waals surface area (Å²) in [6.45, 7) is 15.0. The largest absolute Gasteiger partial charge is 0.769 e. The van der Waals surface area contributed by atoms with Gasteiger partial charge >= 0.3 is 0 Å². The second-order valence-electron chi connectivity index (χ2n) is 5.65. The van der Waals surface area contributed by atoms with Crippen LogP contribution in [0.25, 0.3) is 0 Å². The molecule has 0 aromatic carbocycles. The van der Waals surface area contributed by atoms with E-state index in [0.29, 0.717) is 0 Å². The van der Waals surface area contributed by atoms with Crippen molar-refractivity contribution in [2.75, 3.05) is 26.2 Å². The van der Waals surface area contributed by atoms with Gasteiger partial charge in [-0.05, 0) is 25.7 Å². The van der Waals surface area contributed by atoms with Crippen LogP contribution in [0.5, 0.6) is 0 Å². The van der Waals surface area contributed by atoms with Crippen LogP contribution in [0.1, 0.15) is 79.1 Å². The minimum atomic E-state index is 1.35. The zero-order chi connectivity index (χ0) is 15.0. The van der Waals surface area contributed by atoms with Crippen LogP contribution in [0.2, 0.25) is 0 Å². The lowest BCUT2D eigenvalue weighted by atomic mass is 10.1. The summed E-state index contributed by atoms with van der Waals surface area (Å²) in [5, 5.41) is 0. The molecule has 0 atom stereocenters. The van der Waals surface area contributed by atoms with Crippen LogP contribution in [-0.2, 0) is 0 Å². The maximum absolute atomic E-state index is 7.72. The lowest BCUT2D eigenvalue weighted by Gasteiger charge is -2.39. The molecule has 0 amide bonds. The highest BCUT2D eigenvalue weighted by atomic mass is 35.5. The van der Waals surface area contributed by atoms with E-state index in [-0.39, 0.29) is 0 Å². The summed E-state index contributed by atoms with van der Waals surface area (Å²) < 4.78 is 9.14. The molecule has 0 saturated heterocycles. The Kier molecular flexibility index (Phi) is 18.4. The molecule has 0 aliphatic rings. The molecule has 0 fully saturated rings. The number of quaternary nitrogens is 1. The summed E-state index contributed by atoms with van der Waals surface area (Å²) in [6.07, 6.45) is 11.1. The Morgan fingerprint density at radius 3 is 0.947 bits per heavy atom. The third-order valence-electron chi connectivity index (χ3n) is 3.94. The van der Waals surface area contributed by atoms with Crippen molar-refractivity contribution in [3.63, 3.8) is 0 Å². The highest BCUT2D eigenvalue weighted by Gasteiger charge is 2.24. The van der Waals surface area contributed by atoms with E-state index in [1.165, 1.54) is 82.0 Å². The van der Waals surface area contributed by atoms with Gasteiger partial charge in [0.05, 0.1) is 26.2 Å². The van der Waals surface area contributed by atoms with E-state index in [2.05, 4.69) is 39.6 Å². The van der Waals surface area contributed by atoms with Crippen molar-refractivity contribution in [3.8, 4) is 0 Å². The zero-order valence-electron chi connectivity index (χ0n) is 13.7. The van der Waals surface area contributed by atoms with Crippen molar-refractivity contribution in [3.05, 3.63) is 0 Å². The number of nitrogens with zero attached hydrogens (tertiary/aromatic N) is 1. The van der Waals surface area contributed by atoms with Crippen molar-refractivity contribution in [1.82, 2.24) is 0 Å². The van der Waals surface area contributed by atoms with Crippen molar-refractivity contribution in [2.24, 2.45) is 0 Å². The maximum Gasteiger partial charge on any atom is 0.0786 e. The average Bonchev–Trinajstić information content (AvgIpc) is 2.48. The zero-order valence-corrected chi connectivity index (χ0v) is 14.5. The van der Waals surface area contributed by atoms with Gasteiger partial charge in [-0.1, -0.05) is 53.4 Å². The van der Waals surface area contributed by atoms with Gasteiger partial charge in [-0.3, -0.25) is 0 Å². The SMILES string of the molecule is CCCC[N+](CCCC)(CCCC)CCCC.[O-]Cl. The van der Waals surface area contributed by atoms with E-state index in [1.807, 2.05) is 0 Å². The fourth-order valence-electron chi connectivity index (χ4n) is 2.64. The summed E-state index contributed by atoms with van der Waals surface area (Å²) >= 11 is 3.39. The summed E-state index contributed by atoms with van der Waals surface area (Å²) in [7, 11) is 0. The standard InChI is InChI=1S/C16H36N.ClO/c1-5-9-13-17(14-10-6-2,15-11-7-3)16-12-8-4;1-2/h5-16H2,1-4H3;/q+1;-1. The second kappa shape index (κ2) is 16.3. The molecule has 3 heteroatoms. The van der Waals surface area contributed by atoms with Crippen LogP contribution < -0.4 is 4.66 Å². The van der Waals surface area contributed by atoms with Gasteiger partial charge in [-0.25, -0.2) is 11.9 Å². The molecule has 118 valence electrons. The van der Waals surface area contributed by atoms with E-state index in [9.17, 15) is 0 Å². The molecule has 0 aliphatic carbocycles. The molecule has 0 unspecified atom stereocenters. The van der Waals surface area contributed by atoms with Crippen molar-refractivity contribution in [1.29, 1.82) is 0 Å². The minimum Gasteiger partial charge on any atom is -0.769 e.